The summed E-state index contributed by atoms with van der Waals surface area (Å²) in [5, 5.41) is 2.86. The molecule has 0 bridgehead atoms. The molecule has 3 aromatic carbocycles. The molecule has 1 heterocycles. The topological polar surface area (TPSA) is 52.6 Å². The lowest BCUT2D eigenvalue weighted by Crippen LogP contribution is -2.49. The van der Waals surface area contributed by atoms with Gasteiger partial charge in [0, 0.05) is 25.2 Å². The molecule has 0 saturated carbocycles. The van der Waals surface area contributed by atoms with Crippen LogP contribution in [0.25, 0.3) is 0 Å². The van der Waals surface area contributed by atoms with E-state index in [1.165, 1.54) is 18.2 Å². The monoisotopic (exact) mass is 417 g/mol. The minimum Gasteiger partial charge on any atom is -0.320 e. The Morgan fingerprint density at radius 3 is 2.58 bits per heavy atom. The quantitative estimate of drug-likeness (QED) is 0.619. The molecule has 3 aromatic rings. The zero-order valence-corrected chi connectivity index (χ0v) is 17.3. The molecular formula is C25H24FN3O2. The van der Waals surface area contributed by atoms with Gasteiger partial charge in [-0.15, -0.1) is 0 Å². The van der Waals surface area contributed by atoms with Crippen molar-refractivity contribution in [3.05, 3.63) is 95.3 Å². The Morgan fingerprint density at radius 2 is 1.81 bits per heavy atom. The van der Waals surface area contributed by atoms with Crippen molar-refractivity contribution in [3.8, 4) is 0 Å². The first-order chi connectivity index (χ1) is 15.0. The van der Waals surface area contributed by atoms with Crippen molar-refractivity contribution in [1.82, 2.24) is 4.90 Å². The van der Waals surface area contributed by atoms with E-state index in [0.29, 0.717) is 31.0 Å². The van der Waals surface area contributed by atoms with Crippen molar-refractivity contribution >= 4 is 23.3 Å². The molecule has 4 rings (SSSR count). The van der Waals surface area contributed by atoms with Gasteiger partial charge in [0.15, 0.2) is 0 Å². The Balaban J connectivity index is 1.58. The van der Waals surface area contributed by atoms with Crippen molar-refractivity contribution in [2.24, 2.45) is 0 Å². The molecule has 31 heavy (non-hydrogen) atoms. The number of nitrogens with zero attached hydrogens (tertiary/aromatic N) is 2. The van der Waals surface area contributed by atoms with E-state index in [0.717, 1.165) is 17.5 Å². The van der Waals surface area contributed by atoms with Gasteiger partial charge in [0.1, 0.15) is 5.82 Å². The maximum atomic E-state index is 13.5. The lowest BCUT2D eigenvalue weighted by Gasteiger charge is -2.36. The first kappa shape index (κ1) is 20.6. The third-order valence-electron chi connectivity index (χ3n) is 5.31. The molecule has 1 aliphatic rings. The number of nitrogens with one attached hydrogen (secondary N) is 1. The summed E-state index contributed by atoms with van der Waals surface area (Å²) in [6.45, 7) is 3.70. The number of aryl methyl sites for hydroxylation is 1. The number of urea groups is 1. The van der Waals surface area contributed by atoms with Gasteiger partial charge < -0.3 is 10.2 Å². The summed E-state index contributed by atoms with van der Waals surface area (Å²) in [6.07, 6.45) is 0.823. The number of halogens is 1. The van der Waals surface area contributed by atoms with Gasteiger partial charge in [-0.25, -0.2) is 9.18 Å². The van der Waals surface area contributed by atoms with E-state index in [1.54, 1.807) is 11.0 Å². The third kappa shape index (κ3) is 4.74. The van der Waals surface area contributed by atoms with Crippen molar-refractivity contribution in [3.63, 3.8) is 0 Å². The highest BCUT2D eigenvalue weighted by atomic mass is 19.1. The Morgan fingerprint density at radius 1 is 1.00 bits per heavy atom. The van der Waals surface area contributed by atoms with Crippen LogP contribution in [0, 0.1) is 12.7 Å². The van der Waals surface area contributed by atoms with Crippen LogP contribution >= 0.6 is 0 Å². The normalized spacial score (nSPS) is 13.9. The minimum atomic E-state index is -0.472. The highest BCUT2D eigenvalue weighted by molar-refractivity contribution is 6.07. The third-order valence-corrected chi connectivity index (χ3v) is 5.31. The summed E-state index contributed by atoms with van der Waals surface area (Å²) in [6, 6.07) is 20.9. The Hall–Kier alpha value is -3.67. The number of rotatable bonds is 5. The standard InChI is InChI=1S/C25H24FN3O2/c1-18-11-12-23(22(15-18)27-24(30)20-9-5-10-21(26)16-20)29-14-6-13-28(25(29)31)17-19-7-3-2-4-8-19/h2-5,7-12,15-16H,6,13-14,17H2,1H3,(H,27,30). The molecule has 6 heteroatoms. The van der Waals surface area contributed by atoms with Gasteiger partial charge >= 0.3 is 6.03 Å². The highest BCUT2D eigenvalue weighted by Crippen LogP contribution is 2.31. The Kier molecular flexibility index (Phi) is 5.98. The van der Waals surface area contributed by atoms with E-state index >= 15 is 0 Å². The Bertz CT molecular complexity index is 1100. The van der Waals surface area contributed by atoms with E-state index in [1.807, 2.05) is 60.4 Å². The largest absolute Gasteiger partial charge is 0.324 e. The molecule has 0 atom stereocenters. The van der Waals surface area contributed by atoms with Crippen molar-refractivity contribution < 1.29 is 14.0 Å². The summed E-state index contributed by atoms with van der Waals surface area (Å²) in [5.74, 6) is -0.892. The molecule has 1 N–H and O–H groups in total. The van der Waals surface area contributed by atoms with Crippen LogP contribution in [0.5, 0.6) is 0 Å². The molecule has 0 spiro atoms. The van der Waals surface area contributed by atoms with Gasteiger partial charge in [-0.2, -0.15) is 0 Å². The average Bonchev–Trinajstić information content (AvgIpc) is 2.76. The van der Waals surface area contributed by atoms with Gasteiger partial charge in [0.05, 0.1) is 11.4 Å². The number of amides is 3. The summed E-state index contributed by atoms with van der Waals surface area (Å²) in [7, 11) is 0. The number of anilines is 2. The molecule has 1 saturated heterocycles. The predicted octanol–water partition coefficient (Wildman–Crippen LogP) is 5.22. The van der Waals surface area contributed by atoms with Crippen LogP contribution in [-0.4, -0.2) is 29.9 Å². The molecule has 0 aliphatic carbocycles. The fraction of sp³-hybridized carbons (Fsp3) is 0.200. The average molecular weight is 417 g/mol. The first-order valence-electron chi connectivity index (χ1n) is 10.3. The van der Waals surface area contributed by atoms with E-state index in [4.69, 9.17) is 0 Å². The van der Waals surface area contributed by atoms with Crippen molar-refractivity contribution in [2.45, 2.75) is 19.9 Å². The fourth-order valence-corrected chi connectivity index (χ4v) is 3.77. The molecule has 3 amide bonds. The second-order valence-electron chi connectivity index (χ2n) is 7.68. The van der Waals surface area contributed by atoms with E-state index < -0.39 is 11.7 Å². The molecule has 158 valence electrons. The lowest BCUT2D eigenvalue weighted by atomic mass is 10.1. The minimum absolute atomic E-state index is 0.0970. The fourth-order valence-electron chi connectivity index (χ4n) is 3.77. The summed E-state index contributed by atoms with van der Waals surface area (Å²) < 4.78 is 13.5. The van der Waals surface area contributed by atoms with E-state index in [-0.39, 0.29) is 11.6 Å². The van der Waals surface area contributed by atoms with Gasteiger partial charge in [-0.1, -0.05) is 42.5 Å². The molecule has 5 nitrogen and oxygen atoms in total. The molecule has 0 radical (unpaired) electrons. The van der Waals surface area contributed by atoms with Crippen LogP contribution in [0.1, 0.15) is 27.9 Å². The van der Waals surface area contributed by atoms with Crippen LogP contribution in [0.4, 0.5) is 20.6 Å². The van der Waals surface area contributed by atoms with Crippen LogP contribution < -0.4 is 10.2 Å². The van der Waals surface area contributed by atoms with Crippen LogP contribution in [0.15, 0.2) is 72.8 Å². The lowest BCUT2D eigenvalue weighted by molar-refractivity contribution is 0.102. The maximum Gasteiger partial charge on any atom is 0.324 e. The zero-order chi connectivity index (χ0) is 21.8. The molecule has 0 aromatic heterocycles. The van der Waals surface area contributed by atoms with Gasteiger partial charge in [0.2, 0.25) is 0 Å². The zero-order valence-electron chi connectivity index (χ0n) is 17.3. The van der Waals surface area contributed by atoms with Crippen LogP contribution in [0.2, 0.25) is 0 Å². The van der Waals surface area contributed by atoms with Crippen LogP contribution in [0.3, 0.4) is 0 Å². The number of benzene rings is 3. The van der Waals surface area contributed by atoms with E-state index in [9.17, 15) is 14.0 Å². The number of carbonyl (C=O) groups excluding carboxylic acids is 2. The van der Waals surface area contributed by atoms with Crippen LogP contribution in [-0.2, 0) is 6.54 Å². The van der Waals surface area contributed by atoms with Crippen molar-refractivity contribution in [2.75, 3.05) is 23.3 Å². The maximum absolute atomic E-state index is 13.5. The smallest absolute Gasteiger partial charge is 0.320 e. The van der Waals surface area contributed by atoms with E-state index in [2.05, 4.69) is 5.32 Å². The predicted molar refractivity (Wildman–Crippen MR) is 120 cm³/mol. The second kappa shape index (κ2) is 9.00. The molecule has 0 unspecified atom stereocenters. The van der Waals surface area contributed by atoms with Gasteiger partial charge in [-0.05, 0) is 54.8 Å². The molecule has 1 fully saturated rings. The first-order valence-corrected chi connectivity index (χ1v) is 10.3. The van der Waals surface area contributed by atoms with Gasteiger partial charge in [0.25, 0.3) is 5.91 Å². The molecule has 1 aliphatic heterocycles. The number of hydrogen-bond donors (Lipinski definition) is 1. The van der Waals surface area contributed by atoms with Crippen molar-refractivity contribution in [1.29, 1.82) is 0 Å². The number of carbonyl (C=O) groups is 2. The summed E-state index contributed by atoms with van der Waals surface area (Å²) in [4.78, 5) is 29.5. The highest BCUT2D eigenvalue weighted by Gasteiger charge is 2.28. The van der Waals surface area contributed by atoms with Gasteiger partial charge in [-0.3, -0.25) is 9.69 Å². The molecular weight excluding hydrogens is 393 g/mol. The summed E-state index contributed by atoms with van der Waals surface area (Å²) in [5.41, 5.74) is 3.41. The SMILES string of the molecule is Cc1ccc(N2CCCN(Cc3ccccc3)C2=O)c(NC(=O)c2cccc(F)c2)c1. The second-order valence-corrected chi connectivity index (χ2v) is 7.68. The number of hydrogen-bond acceptors (Lipinski definition) is 2. The summed E-state index contributed by atoms with van der Waals surface area (Å²) >= 11 is 0. The Labute approximate surface area is 181 Å².